The molecule has 2 N–H and O–H groups in total. The van der Waals surface area contributed by atoms with Crippen LogP contribution in [0.4, 0.5) is 0 Å². The smallest absolute Gasteiger partial charge is 0.307 e. The maximum Gasteiger partial charge on any atom is 0.307 e. The average molecular weight is 391 g/mol. The third kappa shape index (κ3) is 7.30. The van der Waals surface area contributed by atoms with Crippen LogP contribution in [0, 0.1) is 11.8 Å². The molecule has 0 aromatic rings. The van der Waals surface area contributed by atoms with Gasteiger partial charge >= 0.3 is 11.9 Å². The zero-order valence-corrected chi connectivity index (χ0v) is 16.6. The third-order valence-electron chi connectivity index (χ3n) is 4.00. The molecule has 0 bridgehead atoms. The average Bonchev–Trinajstić information content (AvgIpc) is 2.40. The molecule has 2 saturated carbocycles. The van der Waals surface area contributed by atoms with Gasteiger partial charge in [-0.05, 0) is 25.7 Å². The second kappa shape index (κ2) is 10.8. The van der Waals surface area contributed by atoms with E-state index < -0.39 is 11.9 Å². The van der Waals surface area contributed by atoms with Crippen LogP contribution in [0.15, 0.2) is 0 Å². The Bertz CT molecular complexity index is 309. The van der Waals surface area contributed by atoms with Crippen molar-refractivity contribution in [3.63, 3.8) is 0 Å². The summed E-state index contributed by atoms with van der Waals surface area (Å²) < 4.78 is 0. The molecule has 4 unspecified atom stereocenters. The Kier molecular flexibility index (Phi) is 10.9. The van der Waals surface area contributed by atoms with E-state index in [9.17, 15) is 9.59 Å². The van der Waals surface area contributed by atoms with E-state index in [0.717, 1.165) is 51.4 Å². The van der Waals surface area contributed by atoms with Gasteiger partial charge in [0.15, 0.2) is 0 Å². The van der Waals surface area contributed by atoms with Crippen molar-refractivity contribution in [1.82, 2.24) is 0 Å². The summed E-state index contributed by atoms with van der Waals surface area (Å²) in [7, 11) is 0. The van der Waals surface area contributed by atoms with Crippen LogP contribution >= 0.6 is 23.2 Å². The first-order chi connectivity index (χ1) is 9.43. The minimum absolute atomic E-state index is 0. The van der Waals surface area contributed by atoms with E-state index >= 15 is 0 Å². The molecule has 2 aliphatic rings. The molecule has 2 fully saturated rings. The van der Waals surface area contributed by atoms with Gasteiger partial charge in [0, 0.05) is 30.2 Å². The largest absolute Gasteiger partial charge is 0.481 e. The van der Waals surface area contributed by atoms with Gasteiger partial charge in [-0.2, -0.15) is 0 Å². The standard InChI is InChI=1S/2C7H11ClO2.Zn/c2*8-6-4-2-1-3-5(6)7(9)10;/h2*5-6H,1-4H2,(H,9,10);. The van der Waals surface area contributed by atoms with E-state index in [1.807, 2.05) is 0 Å². The molecule has 0 aromatic heterocycles. The molecule has 4 nitrogen and oxygen atoms in total. The van der Waals surface area contributed by atoms with Gasteiger partial charge in [0.1, 0.15) is 0 Å². The Morgan fingerprint density at radius 2 is 1.00 bits per heavy atom. The number of aliphatic carboxylic acids is 2. The number of carbonyl (C=O) groups is 2. The Labute approximate surface area is 148 Å². The van der Waals surface area contributed by atoms with Gasteiger partial charge in [-0.15, -0.1) is 23.2 Å². The van der Waals surface area contributed by atoms with Crippen LogP contribution in [0.3, 0.4) is 0 Å². The molecular formula is C14H22Cl2O4Zn. The van der Waals surface area contributed by atoms with E-state index in [1.165, 1.54) is 0 Å². The first-order valence-electron chi connectivity index (χ1n) is 7.17. The Balaban J connectivity index is 0.000000364. The normalized spacial score (nSPS) is 32.1. The molecule has 0 spiro atoms. The van der Waals surface area contributed by atoms with Crippen LogP contribution in [-0.2, 0) is 29.1 Å². The van der Waals surface area contributed by atoms with E-state index in [2.05, 4.69) is 0 Å². The van der Waals surface area contributed by atoms with Crippen molar-refractivity contribution in [2.75, 3.05) is 0 Å². The van der Waals surface area contributed by atoms with Crippen LogP contribution in [-0.4, -0.2) is 32.9 Å². The summed E-state index contributed by atoms with van der Waals surface area (Å²) in [6.45, 7) is 0. The molecule has 0 heterocycles. The molecule has 0 radical (unpaired) electrons. The number of carboxylic acids is 2. The summed E-state index contributed by atoms with van der Waals surface area (Å²) in [5.74, 6) is -2.06. The second-order valence-electron chi connectivity index (χ2n) is 5.49. The topological polar surface area (TPSA) is 74.6 Å². The molecule has 0 amide bonds. The van der Waals surface area contributed by atoms with Crippen molar-refractivity contribution in [3.05, 3.63) is 0 Å². The van der Waals surface area contributed by atoms with Crippen LogP contribution < -0.4 is 0 Å². The van der Waals surface area contributed by atoms with Gasteiger partial charge in [-0.3, -0.25) is 9.59 Å². The molecule has 0 aliphatic heterocycles. The molecule has 7 heteroatoms. The number of carboxylic acid groups (broad SMARTS) is 2. The summed E-state index contributed by atoms with van der Waals surface area (Å²) in [6, 6.07) is 0. The number of hydrogen-bond donors (Lipinski definition) is 2. The molecule has 21 heavy (non-hydrogen) atoms. The zero-order valence-electron chi connectivity index (χ0n) is 12.1. The maximum atomic E-state index is 10.5. The summed E-state index contributed by atoms with van der Waals surface area (Å²) in [5, 5.41) is 17.0. The van der Waals surface area contributed by atoms with E-state index in [1.54, 1.807) is 0 Å². The van der Waals surface area contributed by atoms with Gasteiger partial charge in [0.25, 0.3) is 0 Å². The zero-order chi connectivity index (χ0) is 15.1. The molecule has 0 aromatic carbocycles. The van der Waals surface area contributed by atoms with Crippen molar-refractivity contribution in [3.8, 4) is 0 Å². The number of halogens is 2. The summed E-state index contributed by atoms with van der Waals surface area (Å²) in [5.41, 5.74) is 0. The first kappa shape index (κ1) is 21.1. The monoisotopic (exact) mass is 388 g/mol. The molecule has 2 aliphatic carbocycles. The fraction of sp³-hybridized carbons (Fsp3) is 0.857. The van der Waals surface area contributed by atoms with E-state index in [-0.39, 0.29) is 42.1 Å². The molecule has 2 rings (SSSR count). The van der Waals surface area contributed by atoms with Gasteiger partial charge in [0.05, 0.1) is 11.8 Å². The number of alkyl halides is 2. The summed E-state index contributed by atoms with van der Waals surface area (Å²) >= 11 is 11.6. The SMILES string of the molecule is O=C(O)C1CCCCC1Cl.O=C(O)C1CCCCC1Cl.[Zn]. The molecular weight excluding hydrogens is 368 g/mol. The first-order valence-corrected chi connectivity index (χ1v) is 8.04. The molecule has 0 saturated heterocycles. The predicted octanol–water partition coefficient (Wildman–Crippen LogP) is 3.73. The van der Waals surface area contributed by atoms with Crippen molar-refractivity contribution >= 4 is 35.1 Å². The Morgan fingerprint density at radius 1 is 0.714 bits per heavy atom. The van der Waals surface area contributed by atoms with E-state index in [0.29, 0.717) is 0 Å². The minimum Gasteiger partial charge on any atom is -0.481 e. The van der Waals surface area contributed by atoms with Crippen LogP contribution in [0.2, 0.25) is 0 Å². The third-order valence-corrected chi connectivity index (χ3v) is 5.04. The van der Waals surface area contributed by atoms with Crippen molar-refractivity contribution in [1.29, 1.82) is 0 Å². The molecule has 118 valence electrons. The second-order valence-corrected chi connectivity index (χ2v) is 6.61. The fourth-order valence-electron chi connectivity index (χ4n) is 2.73. The number of hydrogen-bond acceptors (Lipinski definition) is 2. The van der Waals surface area contributed by atoms with Gasteiger partial charge < -0.3 is 10.2 Å². The molecule has 4 atom stereocenters. The van der Waals surface area contributed by atoms with Gasteiger partial charge in [0.2, 0.25) is 0 Å². The van der Waals surface area contributed by atoms with Gasteiger partial charge in [-0.25, -0.2) is 0 Å². The Morgan fingerprint density at radius 3 is 1.19 bits per heavy atom. The fourth-order valence-corrected chi connectivity index (χ4v) is 3.50. The van der Waals surface area contributed by atoms with Crippen molar-refractivity contribution in [2.24, 2.45) is 11.8 Å². The summed E-state index contributed by atoms with van der Waals surface area (Å²) in [4.78, 5) is 21.0. The Hall–Kier alpha value is 0.143. The van der Waals surface area contributed by atoms with Crippen LogP contribution in [0.1, 0.15) is 51.4 Å². The summed E-state index contributed by atoms with van der Waals surface area (Å²) in [6.07, 6.45) is 7.42. The van der Waals surface area contributed by atoms with E-state index in [4.69, 9.17) is 33.4 Å². The predicted molar refractivity (Wildman–Crippen MR) is 78.5 cm³/mol. The number of rotatable bonds is 2. The maximum absolute atomic E-state index is 10.5. The van der Waals surface area contributed by atoms with Gasteiger partial charge in [-0.1, -0.05) is 25.7 Å². The van der Waals surface area contributed by atoms with Crippen molar-refractivity contribution in [2.45, 2.75) is 62.1 Å². The quantitative estimate of drug-likeness (QED) is 0.556. The minimum atomic E-state index is -0.736. The van der Waals surface area contributed by atoms with Crippen LogP contribution in [0.5, 0.6) is 0 Å². The van der Waals surface area contributed by atoms with Crippen molar-refractivity contribution < 1.29 is 39.3 Å². The van der Waals surface area contributed by atoms with Crippen LogP contribution in [0.25, 0.3) is 0 Å².